The lowest BCUT2D eigenvalue weighted by Crippen LogP contribution is -2.23. The van der Waals surface area contributed by atoms with Crippen LogP contribution in [0, 0.1) is 0 Å². The Morgan fingerprint density at radius 1 is 0.622 bits per heavy atom. The summed E-state index contributed by atoms with van der Waals surface area (Å²) in [6.07, 6.45) is 17.0. The zero-order valence-corrected chi connectivity index (χ0v) is 21.4. The number of unbranched alkanes of at least 4 members (excludes halogenated alkanes) is 8. The highest BCUT2D eigenvalue weighted by atomic mass is 16.3. The molecule has 1 N–H and O–H groups in total. The van der Waals surface area contributed by atoms with Crippen LogP contribution < -0.4 is 0 Å². The van der Waals surface area contributed by atoms with E-state index in [0.717, 1.165) is 12.8 Å². The van der Waals surface area contributed by atoms with Gasteiger partial charge < -0.3 is 5.11 Å². The largest absolute Gasteiger partial charge is 0.507 e. The summed E-state index contributed by atoms with van der Waals surface area (Å²) in [4.78, 5) is 46.7. The molecule has 0 aromatic heterocycles. The van der Waals surface area contributed by atoms with Gasteiger partial charge in [0, 0.05) is 22.3 Å². The van der Waals surface area contributed by atoms with Crippen LogP contribution >= 0.6 is 0 Å². The minimum Gasteiger partial charge on any atom is -0.507 e. The molecule has 2 aliphatic carbocycles. The molecular weight excluding hydrogens is 464 g/mol. The van der Waals surface area contributed by atoms with Crippen molar-refractivity contribution in [1.29, 1.82) is 0 Å². The fourth-order valence-corrected chi connectivity index (χ4v) is 4.38. The molecule has 37 heavy (non-hydrogen) atoms. The van der Waals surface area contributed by atoms with Crippen molar-refractivity contribution in [3.63, 3.8) is 0 Å². The second-order valence-electron chi connectivity index (χ2n) is 9.24. The first-order valence-electron chi connectivity index (χ1n) is 13.1. The number of rotatable bonds is 10. The molecule has 0 atom stereocenters. The van der Waals surface area contributed by atoms with Crippen LogP contribution in [0.3, 0.4) is 0 Å². The van der Waals surface area contributed by atoms with Crippen molar-refractivity contribution in [2.75, 3.05) is 0 Å². The number of fused-ring (bicyclic) bond motifs is 2. The SMILES string of the molecule is CCCCCCCCCCC=CC1=C(O)c2ccccc2C(=O)C1=O.O=C1C=CC(=O)c2ccccc21. The lowest BCUT2D eigenvalue weighted by molar-refractivity contribution is -0.111. The second kappa shape index (κ2) is 14.0. The molecule has 4 rings (SSSR count). The number of aliphatic hydroxyl groups excluding tert-OH is 1. The normalized spacial score (nSPS) is 14.5. The summed E-state index contributed by atoms with van der Waals surface area (Å²) < 4.78 is 0. The standard InChI is InChI=1S/C22H28O3.C10H6O2/c1-2-3-4-5-6-7-8-9-10-11-16-19-20(23)17-14-12-13-15-18(17)21(24)22(19)25;11-9-5-6-10(12)8-4-2-1-3-7(8)9/h11-16,23H,2-10H2,1H3;1-6H. The Hall–Kier alpha value is -3.86. The minimum atomic E-state index is -0.622. The predicted octanol–water partition coefficient (Wildman–Crippen LogP) is 7.43. The molecule has 0 amide bonds. The molecule has 192 valence electrons. The third kappa shape index (κ3) is 7.32. The van der Waals surface area contributed by atoms with E-state index in [-0.39, 0.29) is 28.5 Å². The number of hydrogen-bond acceptors (Lipinski definition) is 5. The molecule has 5 heteroatoms. The quantitative estimate of drug-likeness (QED) is 0.272. The van der Waals surface area contributed by atoms with E-state index in [1.807, 2.05) is 6.08 Å². The topological polar surface area (TPSA) is 88.5 Å². The van der Waals surface area contributed by atoms with E-state index in [1.54, 1.807) is 54.6 Å². The van der Waals surface area contributed by atoms with Crippen LogP contribution in [0.4, 0.5) is 0 Å². The van der Waals surface area contributed by atoms with E-state index in [0.29, 0.717) is 16.7 Å². The van der Waals surface area contributed by atoms with Crippen molar-refractivity contribution < 1.29 is 24.3 Å². The van der Waals surface area contributed by atoms with Gasteiger partial charge in [-0.15, -0.1) is 0 Å². The molecule has 2 aromatic rings. The van der Waals surface area contributed by atoms with Gasteiger partial charge >= 0.3 is 0 Å². The number of ketones is 4. The van der Waals surface area contributed by atoms with Gasteiger partial charge in [-0.25, -0.2) is 0 Å². The van der Waals surface area contributed by atoms with E-state index in [2.05, 4.69) is 6.92 Å². The Bertz CT molecular complexity index is 1210. The Kier molecular flexibility index (Phi) is 10.5. The summed E-state index contributed by atoms with van der Waals surface area (Å²) in [5.41, 5.74) is 1.85. The maximum Gasteiger partial charge on any atom is 0.237 e. The van der Waals surface area contributed by atoms with Crippen molar-refractivity contribution in [2.24, 2.45) is 0 Å². The van der Waals surface area contributed by atoms with Crippen molar-refractivity contribution in [3.05, 3.63) is 101 Å². The highest BCUT2D eigenvalue weighted by Gasteiger charge is 2.31. The van der Waals surface area contributed by atoms with E-state index in [1.165, 1.54) is 57.1 Å². The van der Waals surface area contributed by atoms with Crippen molar-refractivity contribution in [1.82, 2.24) is 0 Å². The van der Waals surface area contributed by atoms with Gasteiger partial charge in [0.25, 0.3) is 0 Å². The molecule has 0 saturated carbocycles. The zero-order valence-electron chi connectivity index (χ0n) is 21.4. The second-order valence-corrected chi connectivity index (χ2v) is 9.24. The highest BCUT2D eigenvalue weighted by molar-refractivity contribution is 6.52. The monoisotopic (exact) mass is 498 g/mol. The van der Waals surface area contributed by atoms with Gasteiger partial charge in [-0.05, 0) is 25.0 Å². The Morgan fingerprint density at radius 3 is 1.68 bits per heavy atom. The first-order chi connectivity index (χ1) is 18.0. The molecule has 0 spiro atoms. The molecule has 0 aliphatic heterocycles. The lowest BCUT2D eigenvalue weighted by Gasteiger charge is -2.15. The van der Waals surface area contributed by atoms with Gasteiger partial charge in [-0.2, -0.15) is 0 Å². The first kappa shape index (κ1) is 27.7. The molecule has 0 saturated heterocycles. The molecule has 2 aromatic carbocycles. The van der Waals surface area contributed by atoms with Crippen LogP contribution in [0.1, 0.15) is 101 Å². The summed E-state index contributed by atoms with van der Waals surface area (Å²) in [5, 5.41) is 10.3. The summed E-state index contributed by atoms with van der Waals surface area (Å²) in [6.45, 7) is 2.22. The van der Waals surface area contributed by atoms with Gasteiger partial charge in [0.1, 0.15) is 5.76 Å². The number of allylic oxidation sites excluding steroid dienone is 5. The highest BCUT2D eigenvalue weighted by Crippen LogP contribution is 2.28. The van der Waals surface area contributed by atoms with Crippen molar-refractivity contribution in [3.8, 4) is 0 Å². The van der Waals surface area contributed by atoms with Crippen LogP contribution in [0.2, 0.25) is 0 Å². The zero-order chi connectivity index (χ0) is 26.6. The maximum atomic E-state index is 12.2. The summed E-state index contributed by atoms with van der Waals surface area (Å²) in [6, 6.07) is 13.5. The Morgan fingerprint density at radius 2 is 1.11 bits per heavy atom. The van der Waals surface area contributed by atoms with Gasteiger partial charge in [0.2, 0.25) is 11.6 Å². The van der Waals surface area contributed by atoms with Crippen LogP contribution in [0.25, 0.3) is 5.76 Å². The number of hydrogen-bond donors (Lipinski definition) is 1. The van der Waals surface area contributed by atoms with Gasteiger partial charge in [0.05, 0.1) is 5.57 Å². The molecule has 0 fully saturated rings. The average Bonchev–Trinajstić information content (AvgIpc) is 2.93. The van der Waals surface area contributed by atoms with Crippen molar-refractivity contribution >= 4 is 28.9 Å². The molecule has 0 radical (unpaired) electrons. The van der Waals surface area contributed by atoms with E-state index in [4.69, 9.17) is 0 Å². The summed E-state index contributed by atoms with van der Waals surface area (Å²) in [7, 11) is 0. The van der Waals surface area contributed by atoms with Crippen LogP contribution in [0.15, 0.2) is 78.4 Å². The van der Waals surface area contributed by atoms with E-state index in [9.17, 15) is 24.3 Å². The van der Waals surface area contributed by atoms with Crippen molar-refractivity contribution in [2.45, 2.75) is 64.7 Å². The fourth-order valence-electron chi connectivity index (χ4n) is 4.38. The minimum absolute atomic E-state index is 0.0904. The van der Waals surface area contributed by atoms with Gasteiger partial charge in [-0.1, -0.05) is 113 Å². The molecule has 2 aliphatic rings. The van der Waals surface area contributed by atoms with E-state index >= 15 is 0 Å². The fraction of sp³-hybridized carbons (Fsp3) is 0.312. The molecule has 0 bridgehead atoms. The molecule has 5 nitrogen and oxygen atoms in total. The molecule has 0 heterocycles. The average molecular weight is 499 g/mol. The first-order valence-corrected chi connectivity index (χ1v) is 13.1. The van der Waals surface area contributed by atoms with Gasteiger partial charge in [0.15, 0.2) is 11.6 Å². The van der Waals surface area contributed by atoms with Crippen LogP contribution in [-0.4, -0.2) is 28.2 Å². The molecular formula is C32H34O5. The summed E-state index contributed by atoms with van der Waals surface area (Å²) >= 11 is 0. The number of Topliss-reactive ketones (excluding diaryl/α,β-unsaturated/α-hetero) is 2. The number of carbonyl (C=O) groups is 4. The number of aliphatic hydroxyl groups is 1. The maximum absolute atomic E-state index is 12.2. The van der Waals surface area contributed by atoms with Gasteiger partial charge in [-0.3, -0.25) is 19.2 Å². The van der Waals surface area contributed by atoms with E-state index < -0.39 is 11.6 Å². The third-order valence-electron chi connectivity index (χ3n) is 6.49. The van der Waals surface area contributed by atoms with Crippen LogP contribution in [0.5, 0.6) is 0 Å². The smallest absolute Gasteiger partial charge is 0.237 e. The summed E-state index contributed by atoms with van der Waals surface area (Å²) in [5.74, 6) is -1.44. The molecule has 0 unspecified atom stereocenters. The Balaban J connectivity index is 0.000000262. The lowest BCUT2D eigenvalue weighted by atomic mass is 9.88. The third-order valence-corrected chi connectivity index (χ3v) is 6.49. The Labute approximate surface area is 218 Å². The number of benzene rings is 2. The number of carbonyl (C=O) groups excluding carboxylic acids is 4. The van der Waals surface area contributed by atoms with Crippen LogP contribution in [-0.2, 0) is 4.79 Å². The predicted molar refractivity (Wildman–Crippen MR) is 146 cm³/mol.